The second-order valence-electron chi connectivity index (χ2n) is 13.0. The van der Waals surface area contributed by atoms with Gasteiger partial charge < -0.3 is 30.6 Å². The summed E-state index contributed by atoms with van der Waals surface area (Å²) in [4.78, 5) is 40.1. The van der Waals surface area contributed by atoms with Gasteiger partial charge in [-0.05, 0) is 60.6 Å². The Balaban J connectivity index is 1.35. The highest BCUT2D eigenvalue weighted by molar-refractivity contribution is 7.09. The Morgan fingerprint density at radius 2 is 1.85 bits per heavy atom. The molecule has 2 aromatic heterocycles. The van der Waals surface area contributed by atoms with E-state index in [1.54, 1.807) is 30.1 Å². The van der Waals surface area contributed by atoms with Gasteiger partial charge in [-0.3, -0.25) is 14.6 Å². The van der Waals surface area contributed by atoms with E-state index in [1.165, 1.54) is 11.3 Å². The second kappa shape index (κ2) is 16.3. The molecule has 1 aliphatic heterocycles. The number of pyridine rings is 1. The minimum atomic E-state index is -0.902. The number of hydrogen-bond donors (Lipinski definition) is 4. The number of anilines is 1. The number of aromatic nitrogens is 2. The SMILES string of the molecule is Cc1csc(CN(C)C(=O)c2cc(C(=O)N[C@@H](Cc3ccccc3)[C@H](O)CNCc3cncc(C(C)C)c3)cc(N3CCC(O)C3)c2)n1. The molecule has 1 saturated heterocycles. The molecule has 10 nitrogen and oxygen atoms in total. The highest BCUT2D eigenvalue weighted by atomic mass is 32.1. The molecule has 0 saturated carbocycles. The van der Waals surface area contributed by atoms with Crippen LogP contribution in [0.5, 0.6) is 0 Å². The van der Waals surface area contributed by atoms with Gasteiger partial charge >= 0.3 is 0 Å². The third-order valence-electron chi connectivity index (χ3n) is 8.59. The first-order chi connectivity index (χ1) is 23.0. The van der Waals surface area contributed by atoms with Crippen LogP contribution >= 0.6 is 11.3 Å². The highest BCUT2D eigenvalue weighted by Gasteiger charge is 2.26. The number of benzene rings is 2. The molecule has 11 heteroatoms. The summed E-state index contributed by atoms with van der Waals surface area (Å²) in [7, 11) is 1.72. The van der Waals surface area contributed by atoms with E-state index in [0.29, 0.717) is 61.8 Å². The maximum Gasteiger partial charge on any atom is 0.254 e. The molecule has 1 aliphatic rings. The maximum absolute atomic E-state index is 14.0. The Kier molecular flexibility index (Phi) is 11.9. The fraction of sp³-hybridized carbons (Fsp3) is 0.405. The van der Waals surface area contributed by atoms with Gasteiger partial charge in [-0.2, -0.15) is 0 Å². The van der Waals surface area contributed by atoms with E-state index in [9.17, 15) is 19.8 Å². The van der Waals surface area contributed by atoms with Gasteiger partial charge in [-0.25, -0.2) is 4.98 Å². The molecule has 0 bridgehead atoms. The summed E-state index contributed by atoms with van der Waals surface area (Å²) >= 11 is 1.50. The van der Waals surface area contributed by atoms with Crippen molar-refractivity contribution in [3.63, 3.8) is 0 Å². The monoisotopic (exact) mass is 670 g/mol. The zero-order chi connectivity index (χ0) is 34.2. The number of carbonyl (C=O) groups is 2. The lowest BCUT2D eigenvalue weighted by atomic mass is 9.99. The van der Waals surface area contributed by atoms with Gasteiger partial charge in [0.2, 0.25) is 0 Å². The number of β-amino-alcohol motifs (C(OH)–C–C–N with tert-alkyl or cyclic N) is 1. The molecule has 4 N–H and O–H groups in total. The molecular formula is C37H46N6O4S. The summed E-state index contributed by atoms with van der Waals surface area (Å²) in [5, 5.41) is 30.8. The molecule has 5 rings (SSSR count). The molecule has 2 aromatic carbocycles. The molecular weight excluding hydrogens is 625 g/mol. The summed E-state index contributed by atoms with van der Waals surface area (Å²) in [6, 6.07) is 16.4. The fourth-order valence-corrected chi connectivity index (χ4v) is 6.65. The topological polar surface area (TPSA) is 131 Å². The number of nitrogens with zero attached hydrogens (tertiary/aromatic N) is 4. The Labute approximate surface area is 286 Å². The predicted octanol–water partition coefficient (Wildman–Crippen LogP) is 4.30. The van der Waals surface area contributed by atoms with Crippen LogP contribution < -0.4 is 15.5 Å². The van der Waals surface area contributed by atoms with Crippen LogP contribution in [0.3, 0.4) is 0 Å². The lowest BCUT2D eigenvalue weighted by Gasteiger charge is -2.26. The molecule has 1 unspecified atom stereocenters. The van der Waals surface area contributed by atoms with Gasteiger partial charge in [-0.15, -0.1) is 11.3 Å². The lowest BCUT2D eigenvalue weighted by molar-refractivity contribution is 0.0784. The van der Waals surface area contributed by atoms with Crippen LogP contribution in [0.15, 0.2) is 72.4 Å². The van der Waals surface area contributed by atoms with Crippen LogP contribution in [-0.4, -0.2) is 81.8 Å². The van der Waals surface area contributed by atoms with Crippen molar-refractivity contribution in [1.82, 2.24) is 25.5 Å². The summed E-state index contributed by atoms with van der Waals surface area (Å²) in [6.07, 6.45) is 3.34. The van der Waals surface area contributed by atoms with E-state index in [4.69, 9.17) is 0 Å². The number of nitrogens with one attached hydrogen (secondary N) is 2. The first-order valence-electron chi connectivity index (χ1n) is 16.5. The van der Waals surface area contributed by atoms with E-state index in [-0.39, 0.29) is 12.5 Å². The van der Waals surface area contributed by atoms with Crippen LogP contribution in [0.25, 0.3) is 0 Å². The van der Waals surface area contributed by atoms with Crippen LogP contribution in [0.1, 0.15) is 74.3 Å². The number of rotatable bonds is 14. The molecule has 4 aromatic rings. The van der Waals surface area contributed by atoms with Crippen LogP contribution in [-0.2, 0) is 19.5 Å². The number of carbonyl (C=O) groups excluding carboxylic acids is 2. The largest absolute Gasteiger partial charge is 0.391 e. The molecule has 3 atom stereocenters. The van der Waals surface area contributed by atoms with Crippen molar-refractivity contribution in [2.24, 2.45) is 0 Å². The molecule has 1 fully saturated rings. The third-order valence-corrected chi connectivity index (χ3v) is 9.54. The van der Waals surface area contributed by atoms with Gasteiger partial charge in [0.05, 0.1) is 24.8 Å². The van der Waals surface area contributed by atoms with Gasteiger partial charge in [0, 0.05) is 73.5 Å². The molecule has 3 heterocycles. The Morgan fingerprint density at radius 1 is 1.08 bits per heavy atom. The summed E-state index contributed by atoms with van der Waals surface area (Å²) in [6.45, 7) is 8.33. The maximum atomic E-state index is 14.0. The van der Waals surface area contributed by atoms with Crippen LogP contribution in [0.4, 0.5) is 5.69 Å². The normalized spacial score (nSPS) is 15.8. The lowest BCUT2D eigenvalue weighted by Crippen LogP contribution is -2.48. The minimum absolute atomic E-state index is 0.236. The standard InChI is InChI=1S/C37H46N6O4S/c1-24(2)30-12-27(17-38-19-30)18-39-20-34(45)33(13-26-8-6-5-7-9-26)41-36(46)28-14-29(16-31(15-28)43-11-10-32(44)21-43)37(47)42(4)22-35-40-25(3)23-48-35/h5-9,12,14-17,19,23-24,32-34,39,44-45H,10-11,13,18,20-22H2,1-4H3,(H,41,46)/t32?,33-,34+/m0/s1. The van der Waals surface area contributed by atoms with Crippen LogP contribution in [0, 0.1) is 6.92 Å². The van der Waals surface area contributed by atoms with Gasteiger partial charge in [0.1, 0.15) is 5.01 Å². The first-order valence-corrected chi connectivity index (χ1v) is 17.4. The second-order valence-corrected chi connectivity index (χ2v) is 13.9. The Bertz CT molecular complexity index is 1680. The van der Waals surface area contributed by atoms with E-state index >= 15 is 0 Å². The number of amides is 2. The van der Waals surface area contributed by atoms with Crippen molar-refractivity contribution >= 4 is 28.8 Å². The molecule has 0 radical (unpaired) electrons. The average molecular weight is 671 g/mol. The first kappa shape index (κ1) is 35.2. The van der Waals surface area contributed by atoms with Crippen molar-refractivity contribution in [3.05, 3.63) is 111 Å². The Hall–Kier alpha value is -4.16. The predicted molar refractivity (Wildman–Crippen MR) is 189 cm³/mol. The number of thiazole rings is 1. The number of aryl methyl sites for hydroxylation is 1. The molecule has 48 heavy (non-hydrogen) atoms. The third kappa shape index (κ3) is 9.47. The number of hydrogen-bond acceptors (Lipinski definition) is 9. The summed E-state index contributed by atoms with van der Waals surface area (Å²) < 4.78 is 0. The molecule has 0 spiro atoms. The average Bonchev–Trinajstić information content (AvgIpc) is 3.71. The van der Waals surface area contributed by atoms with Crippen molar-refractivity contribution < 1.29 is 19.8 Å². The molecule has 254 valence electrons. The molecule has 0 aliphatic carbocycles. The van der Waals surface area contributed by atoms with E-state index < -0.39 is 24.2 Å². The highest BCUT2D eigenvalue weighted by Crippen LogP contribution is 2.25. The zero-order valence-electron chi connectivity index (χ0n) is 28.1. The summed E-state index contributed by atoms with van der Waals surface area (Å²) in [5.41, 5.74) is 5.43. The van der Waals surface area contributed by atoms with E-state index in [0.717, 1.165) is 27.4 Å². The number of aliphatic hydroxyl groups excluding tert-OH is 2. The van der Waals surface area contributed by atoms with Crippen molar-refractivity contribution in [3.8, 4) is 0 Å². The van der Waals surface area contributed by atoms with Gasteiger partial charge in [0.25, 0.3) is 11.8 Å². The summed E-state index contributed by atoms with van der Waals surface area (Å²) in [5.74, 6) is -0.265. The Morgan fingerprint density at radius 3 is 2.54 bits per heavy atom. The van der Waals surface area contributed by atoms with Crippen molar-refractivity contribution in [1.29, 1.82) is 0 Å². The zero-order valence-corrected chi connectivity index (χ0v) is 28.9. The minimum Gasteiger partial charge on any atom is -0.391 e. The van der Waals surface area contributed by atoms with E-state index in [2.05, 4.69) is 40.5 Å². The fourth-order valence-electron chi connectivity index (χ4n) is 5.82. The number of aliphatic hydroxyl groups is 2. The van der Waals surface area contributed by atoms with Crippen LogP contribution in [0.2, 0.25) is 0 Å². The van der Waals surface area contributed by atoms with E-state index in [1.807, 2.05) is 59.9 Å². The van der Waals surface area contributed by atoms with Crippen molar-refractivity contribution in [2.45, 2.75) is 70.9 Å². The molecule has 2 amide bonds. The van der Waals surface area contributed by atoms with Crippen molar-refractivity contribution in [2.75, 3.05) is 31.6 Å². The van der Waals surface area contributed by atoms with Gasteiger partial charge in [-0.1, -0.05) is 50.2 Å². The van der Waals surface area contributed by atoms with Gasteiger partial charge in [0.15, 0.2) is 0 Å². The smallest absolute Gasteiger partial charge is 0.254 e. The quantitative estimate of drug-likeness (QED) is 0.156.